The van der Waals surface area contributed by atoms with Crippen LogP contribution in [0.25, 0.3) is 10.8 Å². The summed E-state index contributed by atoms with van der Waals surface area (Å²) in [6.45, 7) is 2.05. The number of halogens is 1. The monoisotopic (exact) mass is 332 g/mol. The third-order valence-corrected chi connectivity index (χ3v) is 4.72. The largest absolute Gasteiger partial charge is 0.383 e. The van der Waals surface area contributed by atoms with Crippen molar-refractivity contribution >= 4 is 38.0 Å². The molecule has 0 saturated heterocycles. The molecule has 0 aliphatic carbocycles. The topological polar surface area (TPSA) is 20.2 Å². The van der Waals surface area contributed by atoms with Gasteiger partial charge in [-0.1, -0.05) is 34.1 Å². The van der Waals surface area contributed by atoms with Crippen molar-refractivity contribution in [3.63, 3.8) is 0 Å². The number of hydrogen-bond acceptors (Lipinski definition) is 2. The quantitative estimate of drug-likeness (QED) is 0.695. The van der Waals surface area contributed by atoms with Gasteiger partial charge in [0.15, 0.2) is 0 Å². The lowest BCUT2D eigenvalue weighted by atomic mass is 10.0. The Morgan fingerprint density at radius 1 is 1.00 bits per heavy atom. The van der Waals surface area contributed by atoms with Gasteiger partial charge in [-0.05, 0) is 53.6 Å². The maximum atomic E-state index is 10.4. The summed E-state index contributed by atoms with van der Waals surface area (Å²) in [7, 11) is 0. The average molecular weight is 333 g/mol. The molecule has 0 spiro atoms. The zero-order chi connectivity index (χ0) is 13.4. The van der Waals surface area contributed by atoms with Gasteiger partial charge < -0.3 is 5.11 Å². The summed E-state index contributed by atoms with van der Waals surface area (Å²) < 4.78 is 1.07. The molecule has 3 rings (SSSR count). The molecule has 2 aromatic carbocycles. The fourth-order valence-electron chi connectivity index (χ4n) is 2.17. The molecule has 19 heavy (non-hydrogen) atoms. The molecule has 0 bridgehead atoms. The minimum Gasteiger partial charge on any atom is -0.383 e. The normalized spacial score (nSPS) is 12.8. The first kappa shape index (κ1) is 12.9. The van der Waals surface area contributed by atoms with Crippen LogP contribution >= 0.6 is 27.3 Å². The lowest BCUT2D eigenvalue weighted by Gasteiger charge is -2.10. The highest BCUT2D eigenvalue weighted by molar-refractivity contribution is 9.10. The van der Waals surface area contributed by atoms with E-state index in [1.807, 2.05) is 24.3 Å². The molecule has 0 radical (unpaired) electrons. The maximum Gasteiger partial charge on any atom is 0.113 e. The summed E-state index contributed by atoms with van der Waals surface area (Å²) in [6.07, 6.45) is -0.535. The van der Waals surface area contributed by atoms with E-state index in [1.54, 1.807) is 11.3 Å². The Kier molecular flexibility index (Phi) is 3.44. The van der Waals surface area contributed by atoms with Gasteiger partial charge in [-0.15, -0.1) is 11.3 Å². The van der Waals surface area contributed by atoms with Crippen LogP contribution in [0.3, 0.4) is 0 Å². The smallest absolute Gasteiger partial charge is 0.113 e. The second-order valence-corrected chi connectivity index (χ2v) is 6.84. The molecule has 1 nitrogen and oxygen atoms in total. The molecular formula is C16H13BrOS. The Morgan fingerprint density at radius 2 is 1.74 bits per heavy atom. The second kappa shape index (κ2) is 5.08. The summed E-state index contributed by atoms with van der Waals surface area (Å²) in [5.74, 6) is 0. The van der Waals surface area contributed by atoms with Crippen molar-refractivity contribution in [2.45, 2.75) is 13.0 Å². The minimum atomic E-state index is -0.535. The Bertz CT molecular complexity index is 732. The van der Waals surface area contributed by atoms with E-state index in [0.29, 0.717) is 0 Å². The highest BCUT2D eigenvalue weighted by Gasteiger charge is 2.12. The van der Waals surface area contributed by atoms with Crippen molar-refractivity contribution < 1.29 is 5.11 Å². The van der Waals surface area contributed by atoms with Crippen LogP contribution < -0.4 is 0 Å². The van der Waals surface area contributed by atoms with Crippen molar-refractivity contribution in [3.8, 4) is 0 Å². The number of fused-ring (bicyclic) bond motifs is 1. The predicted molar refractivity (Wildman–Crippen MR) is 84.8 cm³/mol. The van der Waals surface area contributed by atoms with Gasteiger partial charge in [-0.25, -0.2) is 0 Å². The van der Waals surface area contributed by atoms with Gasteiger partial charge in [0.2, 0.25) is 0 Å². The van der Waals surface area contributed by atoms with Crippen LogP contribution in [0.2, 0.25) is 0 Å². The third kappa shape index (κ3) is 2.59. The van der Waals surface area contributed by atoms with E-state index < -0.39 is 6.10 Å². The van der Waals surface area contributed by atoms with Crippen molar-refractivity contribution in [1.82, 2.24) is 0 Å². The highest BCUT2D eigenvalue weighted by atomic mass is 79.9. The van der Waals surface area contributed by atoms with Crippen LogP contribution in [-0.4, -0.2) is 5.11 Å². The first-order chi connectivity index (χ1) is 9.13. The van der Waals surface area contributed by atoms with Gasteiger partial charge in [0.1, 0.15) is 6.10 Å². The molecule has 1 heterocycles. The summed E-state index contributed by atoms with van der Waals surface area (Å²) in [5.41, 5.74) is 0.941. The molecule has 0 amide bonds. The Labute approximate surface area is 124 Å². The average Bonchev–Trinajstić information content (AvgIpc) is 2.84. The number of aryl methyl sites for hydroxylation is 1. The molecule has 0 aliphatic rings. The van der Waals surface area contributed by atoms with Crippen molar-refractivity contribution in [3.05, 3.63) is 68.3 Å². The van der Waals surface area contributed by atoms with Gasteiger partial charge in [-0.3, -0.25) is 0 Å². The minimum absolute atomic E-state index is 0.535. The van der Waals surface area contributed by atoms with Crippen molar-refractivity contribution in [2.24, 2.45) is 0 Å². The summed E-state index contributed by atoms with van der Waals surface area (Å²) in [6, 6.07) is 16.3. The van der Waals surface area contributed by atoms with Crippen LogP contribution in [0.1, 0.15) is 21.4 Å². The van der Waals surface area contributed by atoms with E-state index >= 15 is 0 Å². The second-order valence-electron chi connectivity index (χ2n) is 4.60. The first-order valence-corrected chi connectivity index (χ1v) is 7.68. The molecule has 1 N–H and O–H groups in total. The van der Waals surface area contributed by atoms with E-state index in [-0.39, 0.29) is 0 Å². The van der Waals surface area contributed by atoms with Gasteiger partial charge in [0.05, 0.1) is 0 Å². The van der Waals surface area contributed by atoms with Crippen LogP contribution in [0, 0.1) is 6.92 Å². The Balaban J connectivity index is 2.03. The number of aliphatic hydroxyl groups is 1. The van der Waals surface area contributed by atoms with Gasteiger partial charge >= 0.3 is 0 Å². The standard InChI is InChI=1S/C16H13BrOS/c1-10-2-7-15(19-10)16(18)13-4-3-12-9-14(17)6-5-11(12)8-13/h2-9,16,18H,1H3. The molecule has 1 atom stereocenters. The number of aliphatic hydroxyl groups excluding tert-OH is 1. The fourth-order valence-corrected chi connectivity index (χ4v) is 3.44. The third-order valence-electron chi connectivity index (χ3n) is 3.17. The van der Waals surface area contributed by atoms with E-state index in [4.69, 9.17) is 0 Å². The lowest BCUT2D eigenvalue weighted by Crippen LogP contribution is -1.96. The number of benzene rings is 2. The highest BCUT2D eigenvalue weighted by Crippen LogP contribution is 2.30. The van der Waals surface area contributed by atoms with E-state index in [2.05, 4.69) is 47.1 Å². The van der Waals surface area contributed by atoms with Crippen LogP contribution in [0.4, 0.5) is 0 Å². The molecule has 0 fully saturated rings. The predicted octanol–water partition coefficient (Wildman–Crippen LogP) is 5.05. The van der Waals surface area contributed by atoms with E-state index in [0.717, 1.165) is 20.3 Å². The van der Waals surface area contributed by atoms with E-state index in [9.17, 15) is 5.11 Å². The first-order valence-electron chi connectivity index (χ1n) is 6.07. The van der Waals surface area contributed by atoms with Crippen LogP contribution in [0.5, 0.6) is 0 Å². The van der Waals surface area contributed by atoms with Crippen LogP contribution in [0.15, 0.2) is 53.0 Å². The Hall–Kier alpha value is -1.16. The van der Waals surface area contributed by atoms with Crippen molar-refractivity contribution in [1.29, 1.82) is 0 Å². The lowest BCUT2D eigenvalue weighted by molar-refractivity contribution is 0.224. The summed E-state index contributed by atoms with van der Waals surface area (Å²) in [4.78, 5) is 2.22. The number of rotatable bonds is 2. The molecule has 0 aliphatic heterocycles. The summed E-state index contributed by atoms with van der Waals surface area (Å²) in [5, 5.41) is 12.7. The molecule has 0 saturated carbocycles. The molecule has 3 heteroatoms. The van der Waals surface area contributed by atoms with Gasteiger partial charge in [0.25, 0.3) is 0 Å². The van der Waals surface area contributed by atoms with Gasteiger partial charge in [-0.2, -0.15) is 0 Å². The van der Waals surface area contributed by atoms with Gasteiger partial charge in [0, 0.05) is 14.2 Å². The molecule has 96 valence electrons. The fraction of sp³-hybridized carbons (Fsp3) is 0.125. The van der Waals surface area contributed by atoms with E-state index in [1.165, 1.54) is 10.3 Å². The molecular weight excluding hydrogens is 320 g/mol. The molecule has 3 aromatic rings. The number of thiophene rings is 1. The van der Waals surface area contributed by atoms with Crippen LogP contribution in [-0.2, 0) is 0 Å². The SMILES string of the molecule is Cc1ccc(C(O)c2ccc3cc(Br)ccc3c2)s1. The maximum absolute atomic E-state index is 10.4. The molecule has 1 unspecified atom stereocenters. The number of hydrogen-bond donors (Lipinski definition) is 1. The zero-order valence-electron chi connectivity index (χ0n) is 10.4. The zero-order valence-corrected chi connectivity index (χ0v) is 12.8. The molecule has 1 aromatic heterocycles. The summed E-state index contributed by atoms with van der Waals surface area (Å²) >= 11 is 5.11. The Morgan fingerprint density at radius 3 is 2.47 bits per heavy atom. The van der Waals surface area contributed by atoms with Crippen molar-refractivity contribution in [2.75, 3.05) is 0 Å².